The van der Waals surface area contributed by atoms with Crippen molar-refractivity contribution in [2.75, 3.05) is 0 Å². The van der Waals surface area contributed by atoms with Gasteiger partial charge in [-0.15, -0.1) is 22.7 Å². The number of imidazole rings is 1. The van der Waals surface area contributed by atoms with Crippen LogP contribution in [0.5, 0.6) is 0 Å². The molecule has 0 fully saturated rings. The van der Waals surface area contributed by atoms with Gasteiger partial charge in [0.25, 0.3) is 0 Å². The second-order valence-electron chi connectivity index (χ2n) is 13.5. The van der Waals surface area contributed by atoms with Crippen molar-refractivity contribution in [1.29, 1.82) is 0 Å². The summed E-state index contributed by atoms with van der Waals surface area (Å²) in [6, 6.07) is 48.8. The molecule has 2 aliphatic carbocycles. The average molecular weight is 715 g/mol. The van der Waals surface area contributed by atoms with E-state index in [0.29, 0.717) is 5.69 Å². The highest BCUT2D eigenvalue weighted by molar-refractivity contribution is 7.22. The summed E-state index contributed by atoms with van der Waals surface area (Å²) in [6.07, 6.45) is -2.79. The van der Waals surface area contributed by atoms with Crippen LogP contribution in [-0.4, -0.2) is 9.55 Å². The van der Waals surface area contributed by atoms with Crippen LogP contribution in [-0.2, 0) is 11.6 Å². The van der Waals surface area contributed by atoms with Crippen LogP contribution in [0.2, 0.25) is 0 Å². The van der Waals surface area contributed by atoms with Crippen LogP contribution in [0, 0.1) is 0 Å². The smallest absolute Gasteiger partial charge is 0.301 e. The first-order valence-corrected chi connectivity index (χ1v) is 18.6. The Morgan fingerprint density at radius 3 is 1.75 bits per heavy atom. The number of nitrogens with zero attached hydrogens (tertiary/aromatic N) is 2. The number of alkyl halides is 3. The highest BCUT2D eigenvalue weighted by Crippen LogP contribution is 2.64. The fraction of sp³-hybridized carbons (Fsp3) is 0.0444. The lowest BCUT2D eigenvalue weighted by Crippen LogP contribution is -2.29. The van der Waals surface area contributed by atoms with E-state index in [1.165, 1.54) is 42.1 Å². The fourth-order valence-corrected chi connectivity index (χ4v) is 10.6. The van der Waals surface area contributed by atoms with E-state index in [4.69, 9.17) is 4.98 Å². The molecule has 11 rings (SSSR count). The summed E-state index contributed by atoms with van der Waals surface area (Å²) >= 11 is 3.53. The third-order valence-corrected chi connectivity index (χ3v) is 13.0. The van der Waals surface area contributed by atoms with Crippen LogP contribution in [0.25, 0.3) is 69.1 Å². The van der Waals surface area contributed by atoms with E-state index in [1.54, 1.807) is 35.1 Å². The molecule has 52 heavy (non-hydrogen) atoms. The zero-order chi connectivity index (χ0) is 34.8. The number of aromatic nitrogens is 2. The van der Waals surface area contributed by atoms with Crippen molar-refractivity contribution in [3.63, 3.8) is 0 Å². The largest absolute Gasteiger partial charge is 0.416 e. The molecule has 2 nitrogen and oxygen atoms in total. The molecule has 6 aromatic carbocycles. The molecule has 3 heterocycles. The van der Waals surface area contributed by atoms with E-state index in [-0.39, 0.29) is 0 Å². The highest BCUT2D eigenvalue weighted by Gasteiger charge is 2.55. The molecule has 0 N–H and O–H groups in total. The van der Waals surface area contributed by atoms with Gasteiger partial charge in [-0.1, -0.05) is 91.0 Å². The predicted octanol–water partition coefficient (Wildman–Crippen LogP) is 13.0. The van der Waals surface area contributed by atoms with Gasteiger partial charge in [-0.25, -0.2) is 4.98 Å². The Hall–Kier alpha value is -5.76. The maximum Gasteiger partial charge on any atom is 0.416 e. The Morgan fingerprint density at radius 2 is 1.13 bits per heavy atom. The van der Waals surface area contributed by atoms with Crippen LogP contribution in [0.3, 0.4) is 0 Å². The Labute approximate surface area is 304 Å². The Bertz CT molecular complexity index is 2740. The van der Waals surface area contributed by atoms with E-state index in [2.05, 4.69) is 115 Å². The zero-order valence-electron chi connectivity index (χ0n) is 27.3. The van der Waals surface area contributed by atoms with Crippen molar-refractivity contribution in [3.8, 4) is 49.0 Å². The molecule has 0 radical (unpaired) electrons. The molecule has 0 saturated heterocycles. The van der Waals surface area contributed by atoms with E-state index in [0.717, 1.165) is 62.0 Å². The van der Waals surface area contributed by atoms with Gasteiger partial charge in [0, 0.05) is 30.4 Å². The fourth-order valence-electron chi connectivity index (χ4n) is 8.50. The molecule has 9 aromatic rings. The molecule has 248 valence electrons. The van der Waals surface area contributed by atoms with Crippen LogP contribution < -0.4 is 0 Å². The quantitative estimate of drug-likeness (QED) is 0.178. The summed E-state index contributed by atoms with van der Waals surface area (Å²) in [7, 11) is 0. The molecule has 0 atom stereocenters. The first-order valence-electron chi connectivity index (χ1n) is 17.0. The number of fused-ring (bicyclic) bond motifs is 12. The van der Waals surface area contributed by atoms with E-state index in [9.17, 15) is 13.2 Å². The first kappa shape index (κ1) is 29.9. The van der Waals surface area contributed by atoms with Gasteiger partial charge in [-0.05, 0) is 104 Å². The SMILES string of the molecule is FC(F)(F)c1cccc(-n2cnc3c2C2(c4cc(-c5cc6ccccc6s5)ccc4-c4ccc(-c5cc6ccccc6s5)cc42)c2ccccc2-3)c1. The Morgan fingerprint density at radius 1 is 0.538 bits per heavy atom. The van der Waals surface area contributed by atoms with Crippen molar-refractivity contribution in [1.82, 2.24) is 9.55 Å². The van der Waals surface area contributed by atoms with Crippen molar-refractivity contribution < 1.29 is 13.2 Å². The molecule has 0 bridgehead atoms. The van der Waals surface area contributed by atoms with E-state index >= 15 is 0 Å². The molecule has 0 saturated carbocycles. The van der Waals surface area contributed by atoms with Gasteiger partial charge in [0.15, 0.2) is 0 Å². The van der Waals surface area contributed by atoms with Gasteiger partial charge in [-0.2, -0.15) is 13.2 Å². The number of halogens is 3. The molecule has 0 aliphatic heterocycles. The van der Waals surface area contributed by atoms with Crippen molar-refractivity contribution in [3.05, 3.63) is 180 Å². The van der Waals surface area contributed by atoms with Gasteiger partial charge in [0.2, 0.25) is 0 Å². The van der Waals surface area contributed by atoms with Crippen LogP contribution in [0.4, 0.5) is 13.2 Å². The molecule has 7 heteroatoms. The molecular formula is C45H25F3N2S2. The number of rotatable bonds is 3. The number of benzene rings is 6. The molecule has 3 aromatic heterocycles. The van der Waals surface area contributed by atoms with Crippen molar-refractivity contribution in [2.45, 2.75) is 11.6 Å². The van der Waals surface area contributed by atoms with Crippen molar-refractivity contribution in [2.24, 2.45) is 0 Å². The second kappa shape index (κ2) is 10.6. The Balaban J connectivity index is 1.23. The summed E-state index contributed by atoms with van der Waals surface area (Å²) < 4.78 is 46.7. The minimum Gasteiger partial charge on any atom is -0.301 e. The van der Waals surface area contributed by atoms with E-state index < -0.39 is 17.2 Å². The first-order chi connectivity index (χ1) is 25.4. The highest BCUT2D eigenvalue weighted by atomic mass is 32.1. The molecule has 2 aliphatic rings. The van der Waals surface area contributed by atoms with Crippen molar-refractivity contribution >= 4 is 42.8 Å². The molecule has 0 unspecified atom stereocenters. The summed E-state index contributed by atoms with van der Waals surface area (Å²) in [4.78, 5) is 7.31. The third-order valence-electron chi connectivity index (χ3n) is 10.7. The summed E-state index contributed by atoms with van der Waals surface area (Å²) in [6.45, 7) is 0. The lowest BCUT2D eigenvalue weighted by molar-refractivity contribution is -0.137. The van der Waals surface area contributed by atoms with Gasteiger partial charge in [0.05, 0.1) is 22.4 Å². The number of hydrogen-bond donors (Lipinski definition) is 0. The van der Waals surface area contributed by atoms with Crippen LogP contribution in [0.15, 0.2) is 152 Å². The maximum absolute atomic E-state index is 14.1. The summed E-state index contributed by atoms with van der Waals surface area (Å²) in [5, 5.41) is 2.40. The minimum absolute atomic E-state index is 0.423. The lowest BCUT2D eigenvalue weighted by atomic mass is 9.72. The summed E-state index contributed by atoms with van der Waals surface area (Å²) in [5.74, 6) is 0. The lowest BCUT2D eigenvalue weighted by Gasteiger charge is -2.31. The average Bonchev–Trinajstić information content (AvgIpc) is 3.99. The zero-order valence-corrected chi connectivity index (χ0v) is 28.9. The van der Waals surface area contributed by atoms with Gasteiger partial charge in [-0.3, -0.25) is 0 Å². The molecular weight excluding hydrogens is 690 g/mol. The Kier molecular flexibility index (Phi) is 6.12. The van der Waals surface area contributed by atoms with Gasteiger partial charge >= 0.3 is 6.18 Å². The standard InChI is InChI=1S/C45H25F3N2S2/c46-45(47,48)30-10-7-11-31(24-30)50-25-49-42-34-12-3-4-13-35(34)44(43(42)50)36-20-28(40-22-26-8-1-5-14-38(26)51-40)16-18-32(36)33-19-17-29(21-37(33)44)41-23-27-9-2-6-15-39(27)52-41/h1-25H. The van der Waals surface area contributed by atoms with E-state index in [1.807, 2.05) is 10.6 Å². The second-order valence-corrected chi connectivity index (χ2v) is 15.6. The predicted molar refractivity (Wildman–Crippen MR) is 207 cm³/mol. The van der Waals surface area contributed by atoms with Gasteiger partial charge in [0.1, 0.15) is 6.33 Å². The normalized spacial score (nSPS) is 13.8. The maximum atomic E-state index is 14.1. The molecule has 0 amide bonds. The summed E-state index contributed by atoms with van der Waals surface area (Å²) in [5.41, 5.74) is 9.23. The van der Waals surface area contributed by atoms with Crippen LogP contribution >= 0.6 is 22.7 Å². The number of thiophene rings is 2. The minimum atomic E-state index is -4.48. The van der Waals surface area contributed by atoms with Crippen LogP contribution in [0.1, 0.15) is 27.9 Å². The molecule has 1 spiro atoms. The number of hydrogen-bond acceptors (Lipinski definition) is 3. The third kappa shape index (κ3) is 4.09. The van der Waals surface area contributed by atoms with Gasteiger partial charge < -0.3 is 4.57 Å². The monoisotopic (exact) mass is 714 g/mol. The topological polar surface area (TPSA) is 17.8 Å².